The summed E-state index contributed by atoms with van der Waals surface area (Å²) in [4.78, 5) is 41.1. The van der Waals surface area contributed by atoms with Gasteiger partial charge in [-0.15, -0.1) is 0 Å². The van der Waals surface area contributed by atoms with Crippen LogP contribution in [0.4, 0.5) is 0 Å². The van der Waals surface area contributed by atoms with Gasteiger partial charge in [0.2, 0.25) is 0 Å². The van der Waals surface area contributed by atoms with E-state index in [1.165, 1.54) is 4.57 Å². The van der Waals surface area contributed by atoms with Crippen molar-refractivity contribution in [2.75, 3.05) is 0 Å². The van der Waals surface area contributed by atoms with Crippen LogP contribution in [0.3, 0.4) is 0 Å². The number of aromatic nitrogens is 2. The highest BCUT2D eigenvalue weighted by atomic mass is 16.4. The van der Waals surface area contributed by atoms with Crippen LogP contribution >= 0.6 is 0 Å². The Morgan fingerprint density at radius 3 is 2.61 bits per heavy atom. The number of rotatable bonds is 3. The minimum Gasteiger partial charge on any atom is -0.408 e. The highest BCUT2D eigenvalue weighted by Gasteiger charge is 2.22. The van der Waals surface area contributed by atoms with E-state index in [4.69, 9.17) is 4.42 Å². The van der Waals surface area contributed by atoms with Gasteiger partial charge in [-0.3, -0.25) is 25.0 Å². The Labute approximate surface area is 158 Å². The van der Waals surface area contributed by atoms with E-state index in [0.717, 1.165) is 5.39 Å². The second-order valence-electron chi connectivity index (χ2n) is 6.21. The largest absolute Gasteiger partial charge is 0.420 e. The molecule has 1 unspecified atom stereocenters. The summed E-state index contributed by atoms with van der Waals surface area (Å²) >= 11 is 0. The Balaban J connectivity index is 1.49. The van der Waals surface area contributed by atoms with Crippen LogP contribution in [-0.4, -0.2) is 21.4 Å². The molecule has 0 aliphatic carbocycles. The fraction of sp³-hybridized carbons (Fsp3) is 0.100. The maximum atomic E-state index is 12.4. The molecule has 2 aromatic heterocycles. The van der Waals surface area contributed by atoms with Crippen molar-refractivity contribution in [1.82, 2.24) is 20.4 Å². The molecule has 1 atom stereocenters. The molecule has 140 valence electrons. The molecule has 0 bridgehead atoms. The van der Waals surface area contributed by atoms with E-state index in [0.29, 0.717) is 16.6 Å². The van der Waals surface area contributed by atoms with Crippen molar-refractivity contribution in [3.05, 3.63) is 76.9 Å². The lowest BCUT2D eigenvalue weighted by Crippen LogP contribution is -2.45. The number of carbonyl (C=O) groups is 2. The lowest BCUT2D eigenvalue weighted by molar-refractivity contribution is -0.124. The van der Waals surface area contributed by atoms with E-state index in [-0.39, 0.29) is 5.69 Å². The topological polar surface area (TPSA) is 106 Å². The first kappa shape index (κ1) is 17.5. The summed E-state index contributed by atoms with van der Waals surface area (Å²) in [6.45, 7) is 1.54. The predicted molar refractivity (Wildman–Crippen MR) is 103 cm³/mol. The molecule has 2 heterocycles. The van der Waals surface area contributed by atoms with Gasteiger partial charge in [0.15, 0.2) is 5.58 Å². The Morgan fingerprint density at radius 2 is 1.75 bits per heavy atom. The lowest BCUT2D eigenvalue weighted by Gasteiger charge is -2.13. The maximum absolute atomic E-state index is 12.4. The van der Waals surface area contributed by atoms with Crippen molar-refractivity contribution in [2.45, 2.75) is 13.0 Å². The monoisotopic (exact) mass is 376 g/mol. The quantitative estimate of drug-likeness (QED) is 0.533. The van der Waals surface area contributed by atoms with E-state index in [1.807, 2.05) is 18.2 Å². The third kappa shape index (κ3) is 3.11. The molecule has 0 fully saturated rings. The highest BCUT2D eigenvalue weighted by Crippen LogP contribution is 2.16. The average Bonchev–Trinajstić information content (AvgIpc) is 3.06. The first-order valence-electron chi connectivity index (χ1n) is 8.60. The number of hydrogen-bond acceptors (Lipinski definition) is 5. The molecule has 4 aromatic rings. The van der Waals surface area contributed by atoms with Crippen LogP contribution in [0.15, 0.2) is 69.9 Å². The standard InChI is InChI=1S/C20H16N4O4/c1-12(24-16-8-4-5-9-17(16)28-20(24)27)18(25)22-23-19(26)15-11-10-13-6-2-3-7-14(13)21-15/h2-12H,1H3,(H,22,25)(H,23,26). The molecule has 4 rings (SSSR count). The van der Waals surface area contributed by atoms with E-state index < -0.39 is 23.6 Å². The molecule has 0 saturated heterocycles. The van der Waals surface area contributed by atoms with Gasteiger partial charge in [-0.2, -0.15) is 0 Å². The summed E-state index contributed by atoms with van der Waals surface area (Å²) in [7, 11) is 0. The molecule has 8 nitrogen and oxygen atoms in total. The van der Waals surface area contributed by atoms with Crippen LogP contribution in [0.1, 0.15) is 23.5 Å². The smallest absolute Gasteiger partial charge is 0.408 e. The lowest BCUT2D eigenvalue weighted by atomic mass is 10.2. The van der Waals surface area contributed by atoms with Crippen LogP contribution in [0.5, 0.6) is 0 Å². The van der Waals surface area contributed by atoms with Crippen LogP contribution in [-0.2, 0) is 4.79 Å². The van der Waals surface area contributed by atoms with E-state index >= 15 is 0 Å². The van der Waals surface area contributed by atoms with Gasteiger partial charge in [0, 0.05) is 5.39 Å². The number of nitrogens with one attached hydrogen (secondary N) is 2. The molecule has 0 aliphatic heterocycles. The molecule has 2 aromatic carbocycles. The fourth-order valence-corrected chi connectivity index (χ4v) is 2.95. The van der Waals surface area contributed by atoms with Crippen molar-refractivity contribution >= 4 is 33.8 Å². The molecular formula is C20H16N4O4. The summed E-state index contributed by atoms with van der Waals surface area (Å²) in [5.74, 6) is -1.77. The van der Waals surface area contributed by atoms with E-state index in [9.17, 15) is 14.4 Å². The van der Waals surface area contributed by atoms with Crippen molar-refractivity contribution in [1.29, 1.82) is 0 Å². The molecule has 0 radical (unpaired) electrons. The predicted octanol–water partition coefficient (Wildman–Crippen LogP) is 2.16. The molecule has 8 heteroatoms. The van der Waals surface area contributed by atoms with Gasteiger partial charge in [-0.05, 0) is 31.2 Å². The van der Waals surface area contributed by atoms with Crippen LogP contribution in [0.2, 0.25) is 0 Å². The SMILES string of the molecule is CC(C(=O)NNC(=O)c1ccc2ccccc2n1)n1c(=O)oc2ccccc21. The zero-order valence-corrected chi connectivity index (χ0v) is 14.9. The third-order valence-corrected chi connectivity index (χ3v) is 4.42. The minimum atomic E-state index is -0.888. The number of hydrazine groups is 1. The van der Waals surface area contributed by atoms with Crippen molar-refractivity contribution in [3.63, 3.8) is 0 Å². The van der Waals surface area contributed by atoms with Gasteiger partial charge < -0.3 is 4.42 Å². The summed E-state index contributed by atoms with van der Waals surface area (Å²) in [6.07, 6.45) is 0. The number of carbonyl (C=O) groups excluding carboxylic acids is 2. The highest BCUT2D eigenvalue weighted by molar-refractivity contribution is 5.96. The Hall–Kier alpha value is -3.94. The number of para-hydroxylation sites is 3. The van der Waals surface area contributed by atoms with Gasteiger partial charge in [-0.1, -0.05) is 36.4 Å². The Morgan fingerprint density at radius 1 is 1.00 bits per heavy atom. The zero-order chi connectivity index (χ0) is 19.7. The van der Waals surface area contributed by atoms with E-state index in [1.54, 1.807) is 49.4 Å². The molecule has 0 spiro atoms. The summed E-state index contributed by atoms with van der Waals surface area (Å²) < 4.78 is 6.36. The summed E-state index contributed by atoms with van der Waals surface area (Å²) in [5.41, 5.74) is 6.38. The minimum absolute atomic E-state index is 0.164. The number of benzene rings is 2. The number of oxazole rings is 1. The van der Waals surface area contributed by atoms with Gasteiger partial charge in [0.1, 0.15) is 11.7 Å². The Kier molecular flexibility index (Phi) is 4.36. The van der Waals surface area contributed by atoms with Crippen molar-refractivity contribution < 1.29 is 14.0 Å². The second-order valence-corrected chi connectivity index (χ2v) is 6.21. The molecule has 2 amide bonds. The first-order chi connectivity index (χ1) is 13.5. The molecule has 2 N–H and O–H groups in total. The molecular weight excluding hydrogens is 360 g/mol. The summed E-state index contributed by atoms with van der Waals surface area (Å²) in [6, 6.07) is 16.7. The van der Waals surface area contributed by atoms with Crippen LogP contribution < -0.4 is 16.6 Å². The molecule has 0 aliphatic rings. The van der Waals surface area contributed by atoms with Crippen LogP contribution in [0.25, 0.3) is 22.0 Å². The zero-order valence-electron chi connectivity index (χ0n) is 14.9. The van der Waals surface area contributed by atoms with Crippen molar-refractivity contribution in [3.8, 4) is 0 Å². The number of hydrogen-bond donors (Lipinski definition) is 2. The van der Waals surface area contributed by atoms with Crippen molar-refractivity contribution in [2.24, 2.45) is 0 Å². The van der Waals surface area contributed by atoms with Crippen LogP contribution in [0, 0.1) is 0 Å². The maximum Gasteiger partial charge on any atom is 0.420 e. The van der Waals surface area contributed by atoms with Gasteiger partial charge in [-0.25, -0.2) is 9.78 Å². The van der Waals surface area contributed by atoms with Gasteiger partial charge >= 0.3 is 5.76 Å². The normalized spacial score (nSPS) is 12.0. The van der Waals surface area contributed by atoms with Gasteiger partial charge in [0.25, 0.3) is 11.8 Å². The molecule has 0 saturated carbocycles. The third-order valence-electron chi connectivity index (χ3n) is 4.42. The van der Waals surface area contributed by atoms with E-state index in [2.05, 4.69) is 15.8 Å². The number of fused-ring (bicyclic) bond motifs is 2. The Bertz CT molecular complexity index is 1260. The average molecular weight is 376 g/mol. The first-order valence-corrected chi connectivity index (χ1v) is 8.60. The van der Waals surface area contributed by atoms with Gasteiger partial charge in [0.05, 0.1) is 11.0 Å². The number of nitrogens with zero attached hydrogens (tertiary/aromatic N) is 2. The fourth-order valence-electron chi connectivity index (χ4n) is 2.95. The number of amides is 2. The second kappa shape index (κ2) is 6.99. The molecule has 28 heavy (non-hydrogen) atoms. The summed E-state index contributed by atoms with van der Waals surface area (Å²) in [5, 5.41) is 0.905. The number of pyridine rings is 1.